The van der Waals surface area contributed by atoms with Crippen molar-refractivity contribution in [3.63, 3.8) is 0 Å². The van der Waals surface area contributed by atoms with Crippen molar-refractivity contribution in [1.29, 1.82) is 0 Å². The summed E-state index contributed by atoms with van der Waals surface area (Å²) in [5.41, 5.74) is 2.41. The highest BCUT2D eigenvalue weighted by Gasteiger charge is 2.27. The SMILES string of the molecule is CC(C)OC(=O)CCCCCOc1ccc2nc(-c3ccccc3)n(-c3ccccc3)c2c1[N+](=O)[O-]. The Morgan fingerprint density at radius 2 is 1.67 bits per heavy atom. The first-order valence-electron chi connectivity index (χ1n) is 12.1. The molecule has 36 heavy (non-hydrogen) atoms. The molecule has 0 fully saturated rings. The number of para-hydroxylation sites is 1. The van der Waals surface area contributed by atoms with Crippen LogP contribution in [0.3, 0.4) is 0 Å². The molecule has 0 spiro atoms. The van der Waals surface area contributed by atoms with Crippen molar-refractivity contribution >= 4 is 22.7 Å². The number of hydrogen-bond donors (Lipinski definition) is 0. The predicted molar refractivity (Wildman–Crippen MR) is 138 cm³/mol. The van der Waals surface area contributed by atoms with Gasteiger partial charge in [-0.3, -0.25) is 19.5 Å². The van der Waals surface area contributed by atoms with E-state index in [1.165, 1.54) is 0 Å². The Labute approximate surface area is 209 Å². The zero-order valence-electron chi connectivity index (χ0n) is 20.4. The maximum absolute atomic E-state index is 12.3. The lowest BCUT2D eigenvalue weighted by atomic mass is 10.2. The van der Waals surface area contributed by atoms with E-state index in [9.17, 15) is 14.9 Å². The molecule has 8 nitrogen and oxygen atoms in total. The van der Waals surface area contributed by atoms with Crippen LogP contribution < -0.4 is 4.74 Å². The summed E-state index contributed by atoms with van der Waals surface area (Å²) in [6, 6.07) is 22.4. The molecule has 0 atom stereocenters. The van der Waals surface area contributed by atoms with E-state index in [0.29, 0.717) is 42.7 Å². The van der Waals surface area contributed by atoms with Gasteiger partial charge in [0.2, 0.25) is 0 Å². The number of fused-ring (bicyclic) bond motifs is 1. The Morgan fingerprint density at radius 3 is 2.33 bits per heavy atom. The maximum Gasteiger partial charge on any atom is 0.336 e. The molecule has 4 aromatic rings. The largest absolute Gasteiger partial charge is 0.487 e. The van der Waals surface area contributed by atoms with Gasteiger partial charge in [0.1, 0.15) is 5.82 Å². The van der Waals surface area contributed by atoms with Crippen LogP contribution in [0.1, 0.15) is 39.5 Å². The highest BCUT2D eigenvalue weighted by molar-refractivity contribution is 5.93. The number of imidazole rings is 1. The van der Waals surface area contributed by atoms with Crippen molar-refractivity contribution < 1.29 is 19.2 Å². The fourth-order valence-electron chi connectivity index (χ4n) is 4.09. The van der Waals surface area contributed by atoms with E-state index in [1.54, 1.807) is 12.1 Å². The Hall–Kier alpha value is -4.20. The zero-order valence-corrected chi connectivity index (χ0v) is 20.4. The molecular formula is C28H29N3O5. The number of carbonyl (C=O) groups excluding carboxylic acids is 1. The van der Waals surface area contributed by atoms with E-state index in [2.05, 4.69) is 0 Å². The summed E-state index contributed by atoms with van der Waals surface area (Å²) in [6.45, 7) is 3.95. The summed E-state index contributed by atoms with van der Waals surface area (Å²) >= 11 is 0. The van der Waals surface area contributed by atoms with Crippen molar-refractivity contribution in [3.8, 4) is 22.8 Å². The van der Waals surface area contributed by atoms with Gasteiger partial charge in [-0.15, -0.1) is 0 Å². The number of ether oxygens (including phenoxy) is 2. The second-order valence-corrected chi connectivity index (χ2v) is 8.71. The summed E-state index contributed by atoms with van der Waals surface area (Å²) in [5.74, 6) is 0.601. The zero-order chi connectivity index (χ0) is 25.5. The first-order chi connectivity index (χ1) is 17.5. The molecule has 0 aliphatic rings. The van der Waals surface area contributed by atoms with Gasteiger partial charge in [0.25, 0.3) is 0 Å². The number of nitro benzene ring substituents is 1. The summed E-state index contributed by atoms with van der Waals surface area (Å²) in [5, 5.41) is 12.3. The average molecular weight is 488 g/mol. The van der Waals surface area contributed by atoms with Crippen molar-refractivity contribution in [3.05, 3.63) is 82.9 Å². The Morgan fingerprint density at radius 1 is 0.972 bits per heavy atom. The van der Waals surface area contributed by atoms with Crippen LogP contribution >= 0.6 is 0 Å². The van der Waals surface area contributed by atoms with Crippen LogP contribution in [0.15, 0.2) is 72.8 Å². The minimum absolute atomic E-state index is 0.119. The quantitative estimate of drug-likeness (QED) is 0.104. The molecule has 3 aromatic carbocycles. The van der Waals surface area contributed by atoms with E-state index in [4.69, 9.17) is 14.5 Å². The van der Waals surface area contributed by atoms with Crippen LogP contribution in [0.25, 0.3) is 28.1 Å². The number of rotatable bonds is 11. The normalized spacial score (nSPS) is 11.1. The number of nitrogens with zero attached hydrogens (tertiary/aromatic N) is 3. The monoisotopic (exact) mass is 487 g/mol. The van der Waals surface area contributed by atoms with E-state index >= 15 is 0 Å². The molecule has 0 unspecified atom stereocenters. The molecule has 0 saturated heterocycles. The molecule has 0 saturated carbocycles. The van der Waals surface area contributed by atoms with Crippen LogP contribution in [-0.2, 0) is 9.53 Å². The van der Waals surface area contributed by atoms with Gasteiger partial charge in [-0.25, -0.2) is 4.98 Å². The van der Waals surface area contributed by atoms with Gasteiger partial charge in [0, 0.05) is 17.7 Å². The Bertz CT molecular complexity index is 1330. The topological polar surface area (TPSA) is 96.5 Å². The van der Waals surface area contributed by atoms with Gasteiger partial charge in [-0.2, -0.15) is 0 Å². The fraction of sp³-hybridized carbons (Fsp3) is 0.286. The average Bonchev–Trinajstić information content (AvgIpc) is 3.26. The van der Waals surface area contributed by atoms with Gasteiger partial charge in [0.05, 0.1) is 23.2 Å². The van der Waals surface area contributed by atoms with Crippen LogP contribution in [0.4, 0.5) is 5.69 Å². The standard InChI is InChI=1S/C28H29N3O5/c1-20(2)36-25(32)16-10-5-11-19-35-24-18-17-23-26(27(24)31(33)34)30(22-14-8-4-9-15-22)28(29-23)21-12-6-3-7-13-21/h3-4,6-9,12-15,17-18,20H,5,10-11,16,19H2,1-2H3. The van der Waals surface area contributed by atoms with Crippen LogP contribution in [0, 0.1) is 10.1 Å². The molecule has 4 rings (SSSR count). The minimum Gasteiger partial charge on any atom is -0.487 e. The number of esters is 1. The smallest absolute Gasteiger partial charge is 0.336 e. The lowest BCUT2D eigenvalue weighted by Crippen LogP contribution is -2.11. The first-order valence-corrected chi connectivity index (χ1v) is 12.1. The fourth-order valence-corrected chi connectivity index (χ4v) is 4.09. The second-order valence-electron chi connectivity index (χ2n) is 8.71. The molecule has 0 aliphatic heterocycles. The van der Waals surface area contributed by atoms with Crippen molar-refractivity contribution in [1.82, 2.24) is 9.55 Å². The summed E-state index contributed by atoms with van der Waals surface area (Å²) in [7, 11) is 0. The van der Waals surface area contributed by atoms with E-state index in [1.807, 2.05) is 79.1 Å². The summed E-state index contributed by atoms with van der Waals surface area (Å²) in [6.07, 6.45) is 2.32. The molecule has 1 aromatic heterocycles. The van der Waals surface area contributed by atoms with E-state index < -0.39 is 4.92 Å². The minimum atomic E-state index is -0.407. The first kappa shape index (κ1) is 24.9. The van der Waals surface area contributed by atoms with Crippen molar-refractivity contribution in [2.45, 2.75) is 45.6 Å². The van der Waals surface area contributed by atoms with Gasteiger partial charge in [-0.05, 0) is 57.4 Å². The summed E-state index contributed by atoms with van der Waals surface area (Å²) in [4.78, 5) is 28.3. The summed E-state index contributed by atoms with van der Waals surface area (Å²) < 4.78 is 12.8. The number of hydrogen-bond acceptors (Lipinski definition) is 6. The third-order valence-electron chi connectivity index (χ3n) is 5.63. The highest BCUT2D eigenvalue weighted by Crippen LogP contribution is 2.39. The second kappa shape index (κ2) is 11.5. The van der Waals surface area contributed by atoms with E-state index in [-0.39, 0.29) is 23.5 Å². The molecule has 8 heteroatoms. The molecule has 0 amide bonds. The van der Waals surface area contributed by atoms with Crippen molar-refractivity contribution in [2.24, 2.45) is 0 Å². The van der Waals surface area contributed by atoms with Crippen molar-refractivity contribution in [2.75, 3.05) is 6.61 Å². The Balaban J connectivity index is 1.62. The Kier molecular flexibility index (Phi) is 7.95. The lowest BCUT2D eigenvalue weighted by molar-refractivity contribution is -0.384. The van der Waals surface area contributed by atoms with Gasteiger partial charge in [0.15, 0.2) is 11.3 Å². The van der Waals surface area contributed by atoms with Gasteiger partial charge >= 0.3 is 11.7 Å². The lowest BCUT2D eigenvalue weighted by Gasteiger charge is -2.11. The number of nitro groups is 1. The maximum atomic E-state index is 12.3. The molecular weight excluding hydrogens is 458 g/mol. The van der Waals surface area contributed by atoms with Gasteiger partial charge in [-0.1, -0.05) is 48.5 Å². The number of unbranched alkanes of at least 4 members (excludes halogenated alkanes) is 2. The molecule has 0 N–H and O–H groups in total. The highest BCUT2D eigenvalue weighted by atomic mass is 16.6. The molecule has 186 valence electrons. The van der Waals surface area contributed by atoms with Crippen LogP contribution in [0.5, 0.6) is 5.75 Å². The molecule has 0 radical (unpaired) electrons. The van der Waals surface area contributed by atoms with Crippen LogP contribution in [-0.4, -0.2) is 33.2 Å². The third kappa shape index (κ3) is 5.71. The predicted octanol–water partition coefficient (Wildman–Crippen LogP) is 6.49. The number of aromatic nitrogens is 2. The number of carbonyl (C=O) groups is 1. The van der Waals surface area contributed by atoms with E-state index in [0.717, 1.165) is 17.7 Å². The molecule has 0 bridgehead atoms. The third-order valence-corrected chi connectivity index (χ3v) is 5.63. The molecule has 1 heterocycles. The van der Waals surface area contributed by atoms with Gasteiger partial charge < -0.3 is 9.47 Å². The molecule has 0 aliphatic carbocycles. The van der Waals surface area contributed by atoms with Crippen LogP contribution in [0.2, 0.25) is 0 Å². The number of benzene rings is 3.